The van der Waals surface area contributed by atoms with Crippen molar-refractivity contribution in [2.24, 2.45) is 0 Å². The van der Waals surface area contributed by atoms with Crippen LogP contribution in [-0.2, 0) is 16.0 Å². The van der Waals surface area contributed by atoms with Gasteiger partial charge in [0.05, 0.1) is 12.6 Å². The molecule has 1 heterocycles. The molecule has 3 aromatic rings. The number of ether oxygens (including phenoxy) is 1. The summed E-state index contributed by atoms with van der Waals surface area (Å²) in [5.74, 6) is -0.570. The van der Waals surface area contributed by atoms with Gasteiger partial charge in [-0.3, -0.25) is 10.1 Å². The van der Waals surface area contributed by atoms with E-state index in [1.807, 2.05) is 18.2 Å². The summed E-state index contributed by atoms with van der Waals surface area (Å²) in [6.07, 6.45) is 0.162. The number of hydrogen-bond acceptors (Lipinski definition) is 7. The molecule has 0 saturated carbocycles. The van der Waals surface area contributed by atoms with Gasteiger partial charge in [0.2, 0.25) is 5.88 Å². The van der Waals surface area contributed by atoms with E-state index in [2.05, 4.69) is 21.1 Å². The zero-order valence-electron chi connectivity index (χ0n) is 17.3. The molecule has 0 spiro atoms. The first-order chi connectivity index (χ1) is 15.4. The minimum Gasteiger partial charge on any atom is -0.481 e. The van der Waals surface area contributed by atoms with Crippen molar-refractivity contribution in [1.82, 2.24) is 5.16 Å². The van der Waals surface area contributed by atoms with Gasteiger partial charge in [0, 0.05) is 29.4 Å². The lowest BCUT2D eigenvalue weighted by molar-refractivity contribution is -0.136. The fourth-order valence-electron chi connectivity index (χ4n) is 2.92. The molecule has 4 N–H and O–H groups in total. The Bertz CT molecular complexity index is 1050. The number of nitrogens with zero attached hydrogens (tertiary/aromatic N) is 1. The molecule has 1 unspecified atom stereocenters. The fraction of sp³-hybridized carbons (Fsp3) is 0.227. The van der Waals surface area contributed by atoms with Crippen LogP contribution in [0.5, 0.6) is 0 Å². The smallest absolute Gasteiger partial charge is 0.412 e. The summed E-state index contributed by atoms with van der Waals surface area (Å²) in [4.78, 5) is 23.0. The fourth-order valence-corrected chi connectivity index (χ4v) is 3.21. The van der Waals surface area contributed by atoms with Crippen LogP contribution in [0.15, 0.2) is 59.3 Å². The van der Waals surface area contributed by atoms with Crippen LogP contribution in [0.1, 0.15) is 24.2 Å². The first kappa shape index (κ1) is 23.0. The number of anilines is 3. The normalized spacial score (nSPS) is 11.4. The largest absolute Gasteiger partial charge is 0.481 e. The van der Waals surface area contributed by atoms with Crippen molar-refractivity contribution in [3.05, 3.63) is 70.9 Å². The molecule has 1 atom stereocenters. The van der Waals surface area contributed by atoms with E-state index in [4.69, 9.17) is 26.0 Å². The van der Waals surface area contributed by atoms with Crippen molar-refractivity contribution >= 4 is 40.9 Å². The summed E-state index contributed by atoms with van der Waals surface area (Å²) >= 11 is 6.14. The second kappa shape index (κ2) is 11.1. The molecule has 1 aromatic heterocycles. The molecule has 0 radical (unpaired) electrons. The summed E-state index contributed by atoms with van der Waals surface area (Å²) in [5, 5.41) is 21.9. The number of benzene rings is 2. The molecule has 0 aliphatic carbocycles. The Kier molecular flexibility index (Phi) is 7.93. The maximum absolute atomic E-state index is 12.2. The molecule has 2 aromatic carbocycles. The predicted molar refractivity (Wildman–Crippen MR) is 121 cm³/mol. The highest BCUT2D eigenvalue weighted by molar-refractivity contribution is 6.31. The van der Waals surface area contributed by atoms with Gasteiger partial charge in [0.15, 0.2) is 0 Å². The lowest BCUT2D eigenvalue weighted by Crippen LogP contribution is -2.18. The Morgan fingerprint density at radius 1 is 1.12 bits per heavy atom. The lowest BCUT2D eigenvalue weighted by Gasteiger charge is -2.15. The van der Waals surface area contributed by atoms with Crippen LogP contribution < -0.4 is 16.0 Å². The Morgan fingerprint density at radius 3 is 2.56 bits per heavy atom. The maximum atomic E-state index is 12.2. The average molecular weight is 459 g/mol. The van der Waals surface area contributed by atoms with Crippen LogP contribution in [0.3, 0.4) is 0 Å². The molecule has 0 aliphatic rings. The highest BCUT2D eigenvalue weighted by Gasteiger charge is 2.17. The first-order valence-corrected chi connectivity index (χ1v) is 10.3. The number of nitrogens with one attached hydrogen (secondary N) is 3. The standard InChI is InChI=1S/C22H23ClN4O5/c1-14(17-4-2-3-5-18(17)23)31-22(30)27-19-13-26-32-21(19)25-11-10-24-16-8-6-15(7-9-16)12-20(28)29/h2-9,13-14,24-25H,10-12H2,1H3,(H,27,30)(H,28,29). The first-order valence-electron chi connectivity index (χ1n) is 9.87. The third kappa shape index (κ3) is 6.64. The van der Waals surface area contributed by atoms with Gasteiger partial charge in [-0.1, -0.05) is 47.1 Å². The topological polar surface area (TPSA) is 126 Å². The van der Waals surface area contributed by atoms with E-state index in [9.17, 15) is 9.59 Å². The Hall–Kier alpha value is -3.72. The number of carboxylic acids is 1. The molecular weight excluding hydrogens is 436 g/mol. The zero-order valence-corrected chi connectivity index (χ0v) is 18.1. The molecule has 0 bridgehead atoms. The molecule has 0 aliphatic heterocycles. The Labute approximate surface area is 189 Å². The van der Waals surface area contributed by atoms with Gasteiger partial charge >= 0.3 is 12.1 Å². The summed E-state index contributed by atoms with van der Waals surface area (Å²) < 4.78 is 10.5. The molecule has 0 fully saturated rings. The van der Waals surface area contributed by atoms with E-state index in [0.717, 1.165) is 11.3 Å². The second-order valence-corrected chi connectivity index (χ2v) is 7.29. The molecule has 1 amide bonds. The predicted octanol–water partition coefficient (Wildman–Crippen LogP) is 4.79. The summed E-state index contributed by atoms with van der Waals surface area (Å²) in [7, 11) is 0. The number of carboxylic acid groups (broad SMARTS) is 1. The summed E-state index contributed by atoms with van der Waals surface area (Å²) in [6, 6.07) is 14.3. The number of hydrogen-bond donors (Lipinski definition) is 4. The SMILES string of the molecule is CC(OC(=O)Nc1cnoc1NCCNc1ccc(CC(=O)O)cc1)c1ccccc1Cl. The number of rotatable bonds is 10. The summed E-state index contributed by atoms with van der Waals surface area (Å²) in [5.41, 5.74) is 2.64. The summed E-state index contributed by atoms with van der Waals surface area (Å²) in [6.45, 7) is 2.76. The molecule has 3 rings (SSSR count). The number of aromatic nitrogens is 1. The van der Waals surface area contributed by atoms with E-state index in [-0.39, 0.29) is 6.42 Å². The van der Waals surface area contributed by atoms with E-state index in [0.29, 0.717) is 35.2 Å². The van der Waals surface area contributed by atoms with E-state index < -0.39 is 18.2 Å². The van der Waals surface area contributed by atoms with Gasteiger partial charge in [-0.2, -0.15) is 0 Å². The lowest BCUT2D eigenvalue weighted by atomic mass is 10.1. The van der Waals surface area contributed by atoms with Crippen molar-refractivity contribution in [2.45, 2.75) is 19.4 Å². The van der Waals surface area contributed by atoms with Gasteiger partial charge in [-0.05, 0) is 30.7 Å². The molecular formula is C22H23ClN4O5. The molecule has 9 nitrogen and oxygen atoms in total. The van der Waals surface area contributed by atoms with Gasteiger partial charge in [0.25, 0.3) is 0 Å². The highest BCUT2D eigenvalue weighted by atomic mass is 35.5. The highest BCUT2D eigenvalue weighted by Crippen LogP contribution is 2.26. The number of amides is 1. The molecule has 168 valence electrons. The van der Waals surface area contributed by atoms with Crippen molar-refractivity contribution < 1.29 is 24.0 Å². The quantitative estimate of drug-likeness (QED) is 0.319. The van der Waals surface area contributed by atoms with Crippen molar-refractivity contribution in [3.63, 3.8) is 0 Å². The van der Waals surface area contributed by atoms with E-state index in [1.165, 1.54) is 6.20 Å². The third-order valence-electron chi connectivity index (χ3n) is 4.48. The van der Waals surface area contributed by atoms with Crippen LogP contribution in [0.2, 0.25) is 5.02 Å². The molecule has 32 heavy (non-hydrogen) atoms. The van der Waals surface area contributed by atoms with Crippen LogP contribution in [0.4, 0.5) is 22.1 Å². The van der Waals surface area contributed by atoms with Crippen LogP contribution in [0.25, 0.3) is 0 Å². The second-order valence-electron chi connectivity index (χ2n) is 6.88. The monoisotopic (exact) mass is 458 g/mol. The number of carbonyl (C=O) groups is 2. The minimum absolute atomic E-state index is 0.0112. The maximum Gasteiger partial charge on any atom is 0.412 e. The number of carbonyl (C=O) groups excluding carboxylic acids is 1. The van der Waals surface area contributed by atoms with Gasteiger partial charge in [0.1, 0.15) is 11.8 Å². The minimum atomic E-state index is -0.867. The van der Waals surface area contributed by atoms with Crippen molar-refractivity contribution in [2.75, 3.05) is 29.0 Å². The van der Waals surface area contributed by atoms with Crippen LogP contribution >= 0.6 is 11.6 Å². The number of aliphatic carboxylic acids is 1. The Morgan fingerprint density at radius 2 is 1.84 bits per heavy atom. The van der Waals surface area contributed by atoms with Crippen LogP contribution in [-0.4, -0.2) is 35.4 Å². The van der Waals surface area contributed by atoms with E-state index in [1.54, 1.807) is 37.3 Å². The average Bonchev–Trinajstić information content (AvgIpc) is 3.18. The number of halogens is 1. The van der Waals surface area contributed by atoms with Gasteiger partial charge in [-0.25, -0.2) is 4.79 Å². The third-order valence-corrected chi connectivity index (χ3v) is 4.83. The van der Waals surface area contributed by atoms with E-state index >= 15 is 0 Å². The van der Waals surface area contributed by atoms with Crippen LogP contribution in [0, 0.1) is 0 Å². The van der Waals surface area contributed by atoms with Crippen molar-refractivity contribution in [3.8, 4) is 0 Å². The van der Waals surface area contributed by atoms with Crippen molar-refractivity contribution in [1.29, 1.82) is 0 Å². The Balaban J connectivity index is 1.44. The van der Waals surface area contributed by atoms with Gasteiger partial charge in [-0.15, -0.1) is 0 Å². The van der Waals surface area contributed by atoms with Gasteiger partial charge < -0.3 is 25.0 Å². The zero-order chi connectivity index (χ0) is 22.9. The molecule has 10 heteroatoms. The molecule has 0 saturated heterocycles.